The van der Waals surface area contributed by atoms with Crippen LogP contribution in [0.4, 0.5) is 5.82 Å². The third kappa shape index (κ3) is 2.46. The Morgan fingerprint density at radius 3 is 2.78 bits per heavy atom. The largest absolute Gasteiger partial charge is 0.391 e. The molecule has 1 aliphatic carbocycles. The summed E-state index contributed by atoms with van der Waals surface area (Å²) >= 11 is 0. The number of rotatable bonds is 2. The zero-order valence-electron chi connectivity index (χ0n) is 10.9. The van der Waals surface area contributed by atoms with Crippen molar-refractivity contribution in [2.75, 3.05) is 11.9 Å². The molecule has 4 heteroatoms. The van der Waals surface area contributed by atoms with Gasteiger partial charge in [0.1, 0.15) is 11.9 Å². The molecule has 18 heavy (non-hydrogen) atoms. The Morgan fingerprint density at radius 2 is 2.11 bits per heavy atom. The third-order valence-corrected chi connectivity index (χ3v) is 3.66. The summed E-state index contributed by atoms with van der Waals surface area (Å²) in [6.45, 7) is 1.91. The zero-order chi connectivity index (χ0) is 13.1. The number of aryl methyl sites for hydroxylation is 1. The monoisotopic (exact) mass is 245 g/mol. The lowest BCUT2D eigenvalue weighted by Crippen LogP contribution is -2.44. The molecule has 0 aliphatic heterocycles. The van der Waals surface area contributed by atoms with Gasteiger partial charge in [-0.15, -0.1) is 0 Å². The van der Waals surface area contributed by atoms with Gasteiger partial charge in [-0.2, -0.15) is 5.26 Å². The van der Waals surface area contributed by atoms with Crippen molar-refractivity contribution in [2.24, 2.45) is 0 Å². The second kappa shape index (κ2) is 5.36. The molecule has 1 N–H and O–H groups in total. The third-order valence-electron chi connectivity index (χ3n) is 3.66. The van der Waals surface area contributed by atoms with Crippen molar-refractivity contribution >= 4 is 5.82 Å². The van der Waals surface area contributed by atoms with Crippen molar-refractivity contribution in [1.29, 1.82) is 5.26 Å². The molecule has 1 fully saturated rings. The Bertz CT molecular complexity index is 467. The lowest BCUT2D eigenvalue weighted by Gasteiger charge is -2.36. The van der Waals surface area contributed by atoms with Gasteiger partial charge in [-0.25, -0.2) is 4.98 Å². The van der Waals surface area contributed by atoms with Gasteiger partial charge in [0.25, 0.3) is 0 Å². The van der Waals surface area contributed by atoms with Crippen LogP contribution >= 0.6 is 0 Å². The van der Waals surface area contributed by atoms with Crippen LogP contribution in [0, 0.1) is 18.3 Å². The number of pyridine rings is 1. The van der Waals surface area contributed by atoms with E-state index in [0.29, 0.717) is 11.4 Å². The molecule has 4 nitrogen and oxygen atoms in total. The van der Waals surface area contributed by atoms with Crippen LogP contribution in [0.1, 0.15) is 36.9 Å². The summed E-state index contributed by atoms with van der Waals surface area (Å²) in [6, 6.07) is 5.88. The molecule has 1 heterocycles. The Morgan fingerprint density at radius 1 is 1.39 bits per heavy atom. The van der Waals surface area contributed by atoms with Crippen LogP contribution in [0.25, 0.3) is 0 Å². The van der Waals surface area contributed by atoms with Gasteiger partial charge in [-0.1, -0.05) is 12.8 Å². The number of likely N-dealkylation sites (N-methyl/N-ethyl adjacent to an activating group) is 1. The van der Waals surface area contributed by atoms with Gasteiger partial charge >= 0.3 is 0 Å². The maximum atomic E-state index is 10.1. The molecule has 0 saturated heterocycles. The summed E-state index contributed by atoms with van der Waals surface area (Å²) in [5.41, 5.74) is 1.46. The molecular weight excluding hydrogens is 226 g/mol. The first kappa shape index (κ1) is 12.8. The van der Waals surface area contributed by atoms with Crippen LogP contribution < -0.4 is 4.90 Å². The van der Waals surface area contributed by atoms with Gasteiger partial charge in [0.05, 0.1) is 17.7 Å². The molecule has 0 radical (unpaired) electrons. The highest BCUT2D eigenvalue weighted by atomic mass is 16.3. The maximum Gasteiger partial charge on any atom is 0.146 e. The molecule has 2 atom stereocenters. The molecule has 0 bridgehead atoms. The number of hydrogen-bond donors (Lipinski definition) is 1. The fraction of sp³-hybridized carbons (Fsp3) is 0.571. The number of aromatic nitrogens is 1. The predicted molar refractivity (Wildman–Crippen MR) is 70.4 cm³/mol. The summed E-state index contributed by atoms with van der Waals surface area (Å²) in [7, 11) is 1.92. The van der Waals surface area contributed by atoms with E-state index in [4.69, 9.17) is 5.26 Å². The fourth-order valence-corrected chi connectivity index (χ4v) is 2.60. The standard InChI is InChI=1S/C14H19N3O/c1-10-7-8-11(9-15)14(16-10)17(2)12-5-3-4-6-13(12)18/h7-8,12-13,18H,3-6H2,1-2H3. The molecule has 1 saturated carbocycles. The fourth-order valence-electron chi connectivity index (χ4n) is 2.60. The van der Waals surface area contributed by atoms with Gasteiger partial charge < -0.3 is 10.0 Å². The number of anilines is 1. The van der Waals surface area contributed by atoms with Gasteiger partial charge in [0, 0.05) is 12.7 Å². The van der Waals surface area contributed by atoms with E-state index in [2.05, 4.69) is 11.1 Å². The second-order valence-corrected chi connectivity index (χ2v) is 4.97. The van der Waals surface area contributed by atoms with E-state index in [0.717, 1.165) is 31.4 Å². The van der Waals surface area contributed by atoms with Gasteiger partial charge in [-0.05, 0) is 31.9 Å². The summed E-state index contributed by atoms with van der Waals surface area (Å²) in [4.78, 5) is 6.41. The molecule has 1 aliphatic rings. The summed E-state index contributed by atoms with van der Waals surface area (Å²) < 4.78 is 0. The normalized spacial score (nSPS) is 23.4. The molecule has 0 spiro atoms. The minimum atomic E-state index is -0.322. The van der Waals surface area contributed by atoms with Crippen LogP contribution in [0.15, 0.2) is 12.1 Å². The van der Waals surface area contributed by atoms with E-state index in [1.54, 1.807) is 6.07 Å². The van der Waals surface area contributed by atoms with Crippen molar-refractivity contribution < 1.29 is 5.11 Å². The van der Waals surface area contributed by atoms with E-state index in [9.17, 15) is 5.11 Å². The number of nitrogens with zero attached hydrogens (tertiary/aromatic N) is 3. The Labute approximate surface area is 108 Å². The summed E-state index contributed by atoms with van der Waals surface area (Å²) in [5, 5.41) is 19.2. The topological polar surface area (TPSA) is 60.2 Å². The van der Waals surface area contributed by atoms with Crippen LogP contribution in [0.3, 0.4) is 0 Å². The average Bonchev–Trinajstić information content (AvgIpc) is 2.38. The van der Waals surface area contributed by atoms with Crippen LogP contribution in [-0.4, -0.2) is 29.3 Å². The van der Waals surface area contributed by atoms with Gasteiger partial charge in [-0.3, -0.25) is 0 Å². The lowest BCUT2D eigenvalue weighted by atomic mass is 9.91. The van der Waals surface area contributed by atoms with Crippen molar-refractivity contribution in [2.45, 2.75) is 44.8 Å². The second-order valence-electron chi connectivity index (χ2n) is 4.97. The molecule has 0 aromatic carbocycles. The number of nitriles is 1. The van der Waals surface area contributed by atoms with Crippen molar-refractivity contribution in [3.05, 3.63) is 23.4 Å². The first-order chi connectivity index (χ1) is 8.63. The molecule has 2 rings (SSSR count). The van der Waals surface area contributed by atoms with Crippen molar-refractivity contribution in [1.82, 2.24) is 4.98 Å². The first-order valence-corrected chi connectivity index (χ1v) is 6.42. The minimum Gasteiger partial charge on any atom is -0.391 e. The molecule has 96 valence electrons. The van der Waals surface area contributed by atoms with Crippen LogP contribution in [0.5, 0.6) is 0 Å². The Kier molecular flexibility index (Phi) is 3.83. The summed E-state index contributed by atoms with van der Waals surface area (Å²) in [5.74, 6) is 0.684. The van der Waals surface area contributed by atoms with Crippen molar-refractivity contribution in [3.8, 4) is 6.07 Å². The van der Waals surface area contributed by atoms with Crippen LogP contribution in [-0.2, 0) is 0 Å². The highest BCUT2D eigenvalue weighted by Crippen LogP contribution is 2.27. The highest BCUT2D eigenvalue weighted by molar-refractivity contribution is 5.54. The number of aliphatic hydroxyl groups excluding tert-OH is 1. The van der Waals surface area contributed by atoms with Crippen molar-refractivity contribution in [3.63, 3.8) is 0 Å². The minimum absolute atomic E-state index is 0.0696. The SMILES string of the molecule is Cc1ccc(C#N)c(N(C)C2CCCCC2O)n1. The smallest absolute Gasteiger partial charge is 0.146 e. The summed E-state index contributed by atoms with van der Waals surface area (Å²) in [6.07, 6.45) is 3.68. The van der Waals surface area contributed by atoms with E-state index in [-0.39, 0.29) is 12.1 Å². The maximum absolute atomic E-state index is 10.1. The number of hydrogen-bond acceptors (Lipinski definition) is 4. The first-order valence-electron chi connectivity index (χ1n) is 6.42. The van der Waals surface area contributed by atoms with Gasteiger partial charge in [0.15, 0.2) is 0 Å². The van der Waals surface area contributed by atoms with E-state index < -0.39 is 0 Å². The Balaban J connectivity index is 2.30. The van der Waals surface area contributed by atoms with E-state index in [1.807, 2.05) is 24.9 Å². The zero-order valence-corrected chi connectivity index (χ0v) is 10.9. The quantitative estimate of drug-likeness (QED) is 0.865. The molecule has 1 aromatic rings. The van der Waals surface area contributed by atoms with E-state index >= 15 is 0 Å². The van der Waals surface area contributed by atoms with Crippen LogP contribution in [0.2, 0.25) is 0 Å². The lowest BCUT2D eigenvalue weighted by molar-refractivity contribution is 0.106. The van der Waals surface area contributed by atoms with Gasteiger partial charge in [0.2, 0.25) is 0 Å². The number of aliphatic hydroxyl groups is 1. The Hall–Kier alpha value is -1.60. The highest BCUT2D eigenvalue weighted by Gasteiger charge is 2.28. The molecule has 1 aromatic heterocycles. The molecule has 0 amide bonds. The molecule has 2 unspecified atom stereocenters. The average molecular weight is 245 g/mol. The molecular formula is C14H19N3O. The van der Waals surface area contributed by atoms with E-state index in [1.165, 1.54) is 0 Å². The predicted octanol–water partition coefficient (Wildman–Crippen LogP) is 2.00.